The lowest BCUT2D eigenvalue weighted by molar-refractivity contribution is 0.125. The molecular weight excluding hydrogens is 242 g/mol. The van der Waals surface area contributed by atoms with Crippen molar-refractivity contribution in [1.29, 1.82) is 0 Å². The second kappa shape index (κ2) is 11.5. The van der Waals surface area contributed by atoms with E-state index in [2.05, 4.69) is 35.1 Å². The van der Waals surface area contributed by atoms with Crippen LogP contribution in [0, 0.1) is 5.92 Å². The van der Waals surface area contributed by atoms with Crippen molar-refractivity contribution in [2.24, 2.45) is 5.92 Å². The Hall–Kier alpha value is 0.400. The summed E-state index contributed by atoms with van der Waals surface area (Å²) >= 11 is 3.41. The molecule has 86 valence electrons. The van der Waals surface area contributed by atoms with Gasteiger partial charge in [0.25, 0.3) is 0 Å². The molecule has 0 heterocycles. The van der Waals surface area contributed by atoms with Gasteiger partial charge in [-0.3, -0.25) is 0 Å². The van der Waals surface area contributed by atoms with Crippen molar-refractivity contribution in [3.05, 3.63) is 0 Å². The number of unbranched alkanes of at least 4 members (excludes halogenated alkanes) is 1. The van der Waals surface area contributed by atoms with Gasteiger partial charge < -0.3 is 10.1 Å². The normalized spacial score (nSPS) is 11.1. The van der Waals surface area contributed by atoms with Gasteiger partial charge in [0.15, 0.2) is 0 Å². The maximum absolute atomic E-state index is 5.48. The summed E-state index contributed by atoms with van der Waals surface area (Å²) < 4.78 is 5.48. The lowest BCUT2D eigenvalue weighted by atomic mass is 10.1. The topological polar surface area (TPSA) is 21.3 Å². The molecule has 1 N–H and O–H groups in total. The van der Waals surface area contributed by atoms with E-state index in [0.717, 1.165) is 37.6 Å². The minimum Gasteiger partial charge on any atom is -0.380 e. The van der Waals surface area contributed by atoms with E-state index in [1.54, 1.807) is 0 Å². The molecule has 0 radical (unpaired) electrons. The van der Waals surface area contributed by atoms with Gasteiger partial charge >= 0.3 is 0 Å². The summed E-state index contributed by atoms with van der Waals surface area (Å²) in [5.41, 5.74) is 0. The van der Waals surface area contributed by atoms with Crippen LogP contribution in [0.15, 0.2) is 0 Å². The van der Waals surface area contributed by atoms with Crippen molar-refractivity contribution in [3.8, 4) is 0 Å². The van der Waals surface area contributed by atoms with E-state index in [1.807, 2.05) is 0 Å². The lowest BCUT2D eigenvalue weighted by Crippen LogP contribution is -2.21. The van der Waals surface area contributed by atoms with Gasteiger partial charge in [0.1, 0.15) is 0 Å². The SMILES string of the molecule is CC(C)CCOCCNCCCCBr. The minimum absolute atomic E-state index is 0.752. The third-order valence-corrected chi connectivity index (χ3v) is 2.56. The second-order valence-corrected chi connectivity index (χ2v) is 4.73. The highest BCUT2D eigenvalue weighted by molar-refractivity contribution is 9.09. The van der Waals surface area contributed by atoms with Gasteiger partial charge in [0, 0.05) is 18.5 Å². The molecule has 0 bridgehead atoms. The molecule has 0 aromatic carbocycles. The molecule has 14 heavy (non-hydrogen) atoms. The molecule has 0 rings (SSSR count). The first-order valence-corrected chi connectivity index (χ1v) is 6.74. The van der Waals surface area contributed by atoms with Gasteiger partial charge in [-0.1, -0.05) is 29.8 Å². The summed E-state index contributed by atoms with van der Waals surface area (Å²) in [6, 6.07) is 0. The van der Waals surface area contributed by atoms with Gasteiger partial charge in [-0.15, -0.1) is 0 Å². The maximum atomic E-state index is 5.48. The fourth-order valence-electron chi connectivity index (χ4n) is 1.03. The van der Waals surface area contributed by atoms with E-state index in [0.29, 0.717) is 0 Å². The second-order valence-electron chi connectivity index (χ2n) is 3.94. The number of ether oxygens (including phenoxy) is 1. The van der Waals surface area contributed by atoms with E-state index in [4.69, 9.17) is 4.74 Å². The van der Waals surface area contributed by atoms with Crippen LogP contribution in [0.25, 0.3) is 0 Å². The highest BCUT2D eigenvalue weighted by Gasteiger charge is 1.93. The molecule has 0 saturated carbocycles. The molecule has 0 aliphatic carbocycles. The molecule has 0 aromatic heterocycles. The van der Waals surface area contributed by atoms with Gasteiger partial charge in [-0.05, 0) is 31.7 Å². The standard InChI is InChI=1S/C11H24BrNO/c1-11(2)5-9-14-10-8-13-7-4-3-6-12/h11,13H,3-10H2,1-2H3. The summed E-state index contributed by atoms with van der Waals surface area (Å²) in [6.07, 6.45) is 3.67. The van der Waals surface area contributed by atoms with Crippen molar-refractivity contribution < 1.29 is 4.74 Å². The molecule has 3 heteroatoms. The Kier molecular flexibility index (Phi) is 11.8. The van der Waals surface area contributed by atoms with Crippen LogP contribution in [0.4, 0.5) is 0 Å². The van der Waals surface area contributed by atoms with Gasteiger partial charge in [0.05, 0.1) is 6.61 Å². The van der Waals surface area contributed by atoms with Crippen LogP contribution in [-0.2, 0) is 4.74 Å². The monoisotopic (exact) mass is 265 g/mol. The first-order valence-electron chi connectivity index (χ1n) is 5.61. The van der Waals surface area contributed by atoms with Crippen LogP contribution in [-0.4, -0.2) is 31.6 Å². The van der Waals surface area contributed by atoms with E-state index >= 15 is 0 Å². The van der Waals surface area contributed by atoms with E-state index in [1.165, 1.54) is 19.3 Å². The molecule has 0 saturated heterocycles. The zero-order chi connectivity index (χ0) is 10.6. The van der Waals surface area contributed by atoms with Crippen molar-refractivity contribution in [2.45, 2.75) is 33.1 Å². The third-order valence-electron chi connectivity index (χ3n) is 2.00. The van der Waals surface area contributed by atoms with E-state index < -0.39 is 0 Å². The van der Waals surface area contributed by atoms with Crippen molar-refractivity contribution >= 4 is 15.9 Å². The maximum Gasteiger partial charge on any atom is 0.0590 e. The van der Waals surface area contributed by atoms with Crippen LogP contribution in [0.2, 0.25) is 0 Å². The number of alkyl halides is 1. The van der Waals surface area contributed by atoms with Crippen LogP contribution in [0.1, 0.15) is 33.1 Å². The molecular formula is C11H24BrNO. The highest BCUT2D eigenvalue weighted by atomic mass is 79.9. The summed E-state index contributed by atoms with van der Waals surface area (Å²) in [7, 11) is 0. The van der Waals surface area contributed by atoms with Crippen molar-refractivity contribution in [2.75, 3.05) is 31.6 Å². The Balaban J connectivity index is 2.85. The first-order chi connectivity index (χ1) is 6.77. The molecule has 0 unspecified atom stereocenters. The smallest absolute Gasteiger partial charge is 0.0590 e. The van der Waals surface area contributed by atoms with Crippen molar-refractivity contribution in [3.63, 3.8) is 0 Å². The molecule has 2 nitrogen and oxygen atoms in total. The minimum atomic E-state index is 0.752. The Morgan fingerprint density at radius 1 is 1.14 bits per heavy atom. The van der Waals surface area contributed by atoms with Gasteiger partial charge in [-0.2, -0.15) is 0 Å². The van der Waals surface area contributed by atoms with Crippen LogP contribution >= 0.6 is 15.9 Å². The zero-order valence-electron chi connectivity index (χ0n) is 9.52. The molecule has 0 aliphatic heterocycles. The summed E-state index contributed by atoms with van der Waals surface area (Å²) in [5, 5.41) is 4.47. The van der Waals surface area contributed by atoms with Crippen LogP contribution < -0.4 is 5.32 Å². The third kappa shape index (κ3) is 12.4. The Bertz CT molecular complexity index is 109. The van der Waals surface area contributed by atoms with E-state index in [-0.39, 0.29) is 0 Å². The fraction of sp³-hybridized carbons (Fsp3) is 1.00. The highest BCUT2D eigenvalue weighted by Crippen LogP contribution is 1.98. The van der Waals surface area contributed by atoms with E-state index in [9.17, 15) is 0 Å². The Morgan fingerprint density at radius 3 is 2.57 bits per heavy atom. The molecule has 0 amide bonds. The largest absolute Gasteiger partial charge is 0.380 e. The van der Waals surface area contributed by atoms with Crippen molar-refractivity contribution in [1.82, 2.24) is 5.32 Å². The number of hydrogen-bond donors (Lipinski definition) is 1. The predicted octanol–water partition coefficient (Wildman–Crippen LogP) is 2.81. The molecule has 0 spiro atoms. The number of rotatable bonds is 10. The van der Waals surface area contributed by atoms with Crippen LogP contribution in [0.3, 0.4) is 0 Å². The zero-order valence-corrected chi connectivity index (χ0v) is 11.1. The Labute approximate surface area is 96.9 Å². The lowest BCUT2D eigenvalue weighted by Gasteiger charge is -2.07. The number of halogens is 1. The fourth-order valence-corrected chi connectivity index (χ4v) is 1.43. The summed E-state index contributed by atoms with van der Waals surface area (Å²) in [5.74, 6) is 0.752. The molecule has 0 fully saturated rings. The number of nitrogens with one attached hydrogen (secondary N) is 1. The quantitative estimate of drug-likeness (QED) is 0.485. The Morgan fingerprint density at radius 2 is 1.93 bits per heavy atom. The molecule has 0 aromatic rings. The first kappa shape index (κ1) is 14.4. The van der Waals surface area contributed by atoms with Gasteiger partial charge in [0.2, 0.25) is 0 Å². The predicted molar refractivity (Wildman–Crippen MR) is 66.2 cm³/mol. The molecule has 0 aliphatic rings. The summed E-state index contributed by atoms with van der Waals surface area (Å²) in [4.78, 5) is 0. The average Bonchev–Trinajstić information content (AvgIpc) is 2.15. The number of hydrogen-bond acceptors (Lipinski definition) is 2. The summed E-state index contributed by atoms with van der Waals surface area (Å²) in [6.45, 7) is 8.30. The molecule has 0 atom stereocenters. The van der Waals surface area contributed by atoms with Gasteiger partial charge in [-0.25, -0.2) is 0 Å². The van der Waals surface area contributed by atoms with Crippen LogP contribution in [0.5, 0.6) is 0 Å². The average molecular weight is 266 g/mol.